The van der Waals surface area contributed by atoms with Crippen LogP contribution < -0.4 is 10.0 Å². The highest BCUT2D eigenvalue weighted by molar-refractivity contribution is 7.89. The number of aromatic amines is 1. The van der Waals surface area contributed by atoms with Gasteiger partial charge in [-0.3, -0.25) is 9.59 Å². The van der Waals surface area contributed by atoms with E-state index in [4.69, 9.17) is 5.11 Å². The first-order valence-corrected chi connectivity index (χ1v) is 10.6. The summed E-state index contributed by atoms with van der Waals surface area (Å²) in [6.07, 6.45) is 0.867. The Balaban J connectivity index is 2.25. The quantitative estimate of drug-likeness (QED) is 0.348. The van der Waals surface area contributed by atoms with Gasteiger partial charge in [-0.15, -0.1) is 0 Å². The summed E-state index contributed by atoms with van der Waals surface area (Å²) in [5.41, 5.74) is 1.49. The van der Waals surface area contributed by atoms with Crippen molar-refractivity contribution in [3.63, 3.8) is 0 Å². The molecule has 1 aromatic heterocycles. The summed E-state index contributed by atoms with van der Waals surface area (Å²) in [5.74, 6) is -3.70. The summed E-state index contributed by atoms with van der Waals surface area (Å²) >= 11 is 0. The van der Waals surface area contributed by atoms with Gasteiger partial charge >= 0.3 is 11.9 Å². The zero-order chi connectivity index (χ0) is 21.6. The van der Waals surface area contributed by atoms with E-state index in [9.17, 15) is 27.9 Å². The van der Waals surface area contributed by atoms with Gasteiger partial charge in [0, 0.05) is 23.5 Å². The molecule has 0 fully saturated rings. The van der Waals surface area contributed by atoms with Crippen LogP contribution in [-0.4, -0.2) is 59.3 Å². The third-order valence-corrected chi connectivity index (χ3v) is 5.78. The summed E-state index contributed by atoms with van der Waals surface area (Å²) in [7, 11) is -3.76. The number of carbonyl (C=O) groups excluding carboxylic acids is 1. The number of hydrogen-bond acceptors (Lipinski definition) is 5. The molecule has 0 radical (unpaired) electrons. The molecule has 0 aliphatic carbocycles. The molecule has 2 rings (SSSR count). The minimum absolute atomic E-state index is 0.0135. The van der Waals surface area contributed by atoms with E-state index in [1.807, 2.05) is 18.2 Å². The van der Waals surface area contributed by atoms with Crippen LogP contribution in [-0.2, 0) is 30.8 Å². The molecule has 5 N–H and O–H groups in total. The second kappa shape index (κ2) is 9.52. The summed E-state index contributed by atoms with van der Waals surface area (Å²) in [6.45, 7) is 1.41. The Kier molecular flexibility index (Phi) is 7.35. The first-order valence-electron chi connectivity index (χ1n) is 8.93. The van der Waals surface area contributed by atoms with Crippen LogP contribution >= 0.6 is 0 Å². The van der Waals surface area contributed by atoms with E-state index in [0.717, 1.165) is 10.9 Å². The molecule has 2 atom stereocenters. The number of rotatable bonds is 11. The number of benzene rings is 1. The molecule has 1 heterocycles. The van der Waals surface area contributed by atoms with Gasteiger partial charge in [0.2, 0.25) is 15.9 Å². The van der Waals surface area contributed by atoms with Gasteiger partial charge in [0.1, 0.15) is 12.1 Å². The average Bonchev–Trinajstić information content (AvgIpc) is 3.07. The van der Waals surface area contributed by atoms with Gasteiger partial charge in [-0.25, -0.2) is 17.9 Å². The zero-order valence-corrected chi connectivity index (χ0v) is 16.5. The summed E-state index contributed by atoms with van der Waals surface area (Å²) < 4.78 is 26.4. The monoisotopic (exact) mass is 425 g/mol. The molecule has 29 heavy (non-hydrogen) atoms. The van der Waals surface area contributed by atoms with Crippen LogP contribution in [0, 0.1) is 0 Å². The molecule has 0 aliphatic heterocycles. The Morgan fingerprint density at radius 1 is 1.14 bits per heavy atom. The van der Waals surface area contributed by atoms with Crippen LogP contribution in [0.3, 0.4) is 0 Å². The maximum Gasteiger partial charge on any atom is 0.326 e. The Bertz CT molecular complexity index is 1000. The van der Waals surface area contributed by atoms with Crippen LogP contribution in [0.15, 0.2) is 30.5 Å². The van der Waals surface area contributed by atoms with E-state index in [-0.39, 0.29) is 18.6 Å². The number of fused-ring (bicyclic) bond motifs is 1. The van der Waals surface area contributed by atoms with Gasteiger partial charge in [-0.2, -0.15) is 0 Å². The minimum Gasteiger partial charge on any atom is -0.481 e. The second-order valence-corrected chi connectivity index (χ2v) is 8.51. The molecule has 1 amide bonds. The molecular formula is C18H23N3O7S. The number of aromatic nitrogens is 1. The average molecular weight is 425 g/mol. The molecule has 158 valence electrons. The van der Waals surface area contributed by atoms with Crippen molar-refractivity contribution in [3.05, 3.63) is 36.0 Å². The molecule has 0 aliphatic rings. The molecule has 1 aromatic carbocycles. The largest absolute Gasteiger partial charge is 0.481 e. The number of hydrogen-bond donors (Lipinski definition) is 5. The molecule has 0 saturated heterocycles. The van der Waals surface area contributed by atoms with Gasteiger partial charge in [0.25, 0.3) is 0 Å². The fourth-order valence-corrected chi connectivity index (χ4v) is 3.60. The maximum atomic E-state index is 12.7. The SMILES string of the molecule is CCS(=O)(=O)NC(Cc1c[nH]c2ccccc12)C(=O)NC(CCC(=O)O)C(=O)O. The highest BCUT2D eigenvalue weighted by Crippen LogP contribution is 2.19. The van der Waals surface area contributed by atoms with Gasteiger partial charge in [-0.1, -0.05) is 18.2 Å². The predicted octanol–water partition coefficient (Wildman–Crippen LogP) is 0.452. The summed E-state index contributed by atoms with van der Waals surface area (Å²) in [5, 5.41) is 21.0. The normalized spacial score (nSPS) is 13.7. The lowest BCUT2D eigenvalue weighted by atomic mass is 10.0. The number of carboxylic acid groups (broad SMARTS) is 2. The first kappa shape index (κ1) is 22.4. The Hall–Kier alpha value is -2.92. The molecule has 2 aromatic rings. The van der Waals surface area contributed by atoms with Crippen LogP contribution in [0.4, 0.5) is 0 Å². The predicted molar refractivity (Wildman–Crippen MR) is 105 cm³/mol. The van der Waals surface area contributed by atoms with Gasteiger partial charge in [0.05, 0.1) is 5.75 Å². The number of para-hydroxylation sites is 1. The van der Waals surface area contributed by atoms with E-state index in [0.29, 0.717) is 5.56 Å². The zero-order valence-electron chi connectivity index (χ0n) is 15.7. The number of H-pyrrole nitrogens is 1. The van der Waals surface area contributed by atoms with Gasteiger partial charge in [-0.05, 0) is 31.4 Å². The van der Waals surface area contributed by atoms with Crippen molar-refractivity contribution >= 4 is 38.8 Å². The van der Waals surface area contributed by atoms with Crippen LogP contribution in [0.25, 0.3) is 10.9 Å². The molecule has 2 unspecified atom stereocenters. The second-order valence-electron chi connectivity index (χ2n) is 6.47. The lowest BCUT2D eigenvalue weighted by Gasteiger charge is -2.21. The fourth-order valence-electron chi connectivity index (χ4n) is 2.81. The molecule has 10 nitrogen and oxygen atoms in total. The van der Waals surface area contributed by atoms with Crippen LogP contribution in [0.5, 0.6) is 0 Å². The summed E-state index contributed by atoms with van der Waals surface area (Å²) in [6, 6.07) is 4.57. The highest BCUT2D eigenvalue weighted by Gasteiger charge is 2.29. The minimum atomic E-state index is -3.76. The Morgan fingerprint density at radius 2 is 1.83 bits per heavy atom. The van der Waals surface area contributed by atoms with E-state index < -0.39 is 46.4 Å². The lowest BCUT2D eigenvalue weighted by Crippen LogP contribution is -2.52. The highest BCUT2D eigenvalue weighted by atomic mass is 32.2. The van der Waals surface area contributed by atoms with E-state index >= 15 is 0 Å². The van der Waals surface area contributed by atoms with Gasteiger partial charge < -0.3 is 20.5 Å². The Labute approximate surface area is 167 Å². The Morgan fingerprint density at radius 3 is 2.45 bits per heavy atom. The van der Waals surface area contributed by atoms with Gasteiger partial charge in [0.15, 0.2) is 0 Å². The van der Waals surface area contributed by atoms with E-state index in [1.54, 1.807) is 12.3 Å². The number of carboxylic acids is 2. The molecule has 0 spiro atoms. The third-order valence-electron chi connectivity index (χ3n) is 4.38. The van der Waals surface area contributed by atoms with Crippen molar-refractivity contribution in [2.75, 3.05) is 5.75 Å². The maximum absolute atomic E-state index is 12.7. The molecule has 0 saturated carbocycles. The number of amides is 1. The third kappa shape index (κ3) is 6.29. The smallest absolute Gasteiger partial charge is 0.326 e. The van der Waals surface area contributed by atoms with E-state index in [1.165, 1.54) is 6.92 Å². The van der Waals surface area contributed by atoms with Crippen molar-refractivity contribution in [1.29, 1.82) is 0 Å². The molecule has 0 bridgehead atoms. The summed E-state index contributed by atoms with van der Waals surface area (Å²) in [4.78, 5) is 37.8. The van der Waals surface area contributed by atoms with Crippen LogP contribution in [0.1, 0.15) is 25.3 Å². The number of aliphatic carboxylic acids is 2. The van der Waals surface area contributed by atoms with Crippen molar-refractivity contribution in [1.82, 2.24) is 15.0 Å². The lowest BCUT2D eigenvalue weighted by molar-refractivity contribution is -0.143. The number of nitrogens with one attached hydrogen (secondary N) is 3. The fraction of sp³-hybridized carbons (Fsp3) is 0.389. The van der Waals surface area contributed by atoms with E-state index in [2.05, 4.69) is 15.0 Å². The van der Waals surface area contributed by atoms with Crippen molar-refractivity contribution in [3.8, 4) is 0 Å². The van der Waals surface area contributed by atoms with Crippen LogP contribution in [0.2, 0.25) is 0 Å². The first-order chi connectivity index (χ1) is 13.6. The van der Waals surface area contributed by atoms with Crippen molar-refractivity contribution < 1.29 is 33.0 Å². The molecular weight excluding hydrogens is 402 g/mol. The van der Waals surface area contributed by atoms with Crippen molar-refractivity contribution in [2.45, 2.75) is 38.3 Å². The standard InChI is InChI=1S/C18H23N3O7S/c1-2-29(27,28)21-15(9-11-10-19-13-6-4-3-5-12(11)13)17(24)20-14(18(25)26)7-8-16(22)23/h3-6,10,14-15,19,21H,2,7-9H2,1H3,(H,20,24)(H,22,23)(H,25,26). The number of sulfonamides is 1. The molecule has 11 heteroatoms. The van der Waals surface area contributed by atoms with Crippen molar-refractivity contribution in [2.24, 2.45) is 0 Å². The number of carbonyl (C=O) groups is 3. The topological polar surface area (TPSA) is 166 Å².